The van der Waals surface area contributed by atoms with Gasteiger partial charge in [0.05, 0.1) is 5.69 Å². The summed E-state index contributed by atoms with van der Waals surface area (Å²) in [6.07, 6.45) is 6.68. The van der Waals surface area contributed by atoms with Crippen molar-refractivity contribution in [2.24, 2.45) is 12.9 Å². The van der Waals surface area contributed by atoms with E-state index < -0.39 is 0 Å². The molecule has 0 saturated carbocycles. The van der Waals surface area contributed by atoms with E-state index in [0.717, 1.165) is 37.3 Å². The van der Waals surface area contributed by atoms with Crippen molar-refractivity contribution >= 4 is 0 Å². The lowest BCUT2D eigenvalue weighted by molar-refractivity contribution is 0.493. The summed E-state index contributed by atoms with van der Waals surface area (Å²) >= 11 is 0. The van der Waals surface area contributed by atoms with Crippen molar-refractivity contribution in [3.05, 3.63) is 35.2 Å². The van der Waals surface area contributed by atoms with Crippen LogP contribution < -0.4 is 11.3 Å². The first-order valence-corrected chi connectivity index (χ1v) is 7.52. The molecule has 1 atom stereocenters. The molecular formula is C15H26N6. The van der Waals surface area contributed by atoms with Gasteiger partial charge in [0.15, 0.2) is 0 Å². The van der Waals surface area contributed by atoms with Crippen LogP contribution in [-0.2, 0) is 26.4 Å². The Morgan fingerprint density at radius 1 is 1.33 bits per heavy atom. The van der Waals surface area contributed by atoms with E-state index >= 15 is 0 Å². The Bertz CT molecular complexity index is 583. The number of aryl methyl sites for hydroxylation is 3. The van der Waals surface area contributed by atoms with Gasteiger partial charge in [-0.25, -0.2) is 4.98 Å². The first kappa shape index (κ1) is 15.7. The van der Waals surface area contributed by atoms with Crippen molar-refractivity contribution < 1.29 is 0 Å². The van der Waals surface area contributed by atoms with E-state index in [4.69, 9.17) is 5.84 Å². The third-order valence-corrected chi connectivity index (χ3v) is 4.04. The molecular weight excluding hydrogens is 264 g/mol. The largest absolute Gasteiger partial charge is 0.335 e. The topological polar surface area (TPSA) is 73.7 Å². The molecule has 6 nitrogen and oxygen atoms in total. The molecule has 0 fully saturated rings. The molecule has 2 heterocycles. The van der Waals surface area contributed by atoms with Crippen LogP contribution in [0.3, 0.4) is 0 Å². The van der Waals surface area contributed by atoms with Gasteiger partial charge >= 0.3 is 0 Å². The molecule has 21 heavy (non-hydrogen) atoms. The Balaban J connectivity index is 2.11. The molecule has 0 aliphatic carbocycles. The summed E-state index contributed by atoms with van der Waals surface area (Å²) in [6, 6.07) is 0.157. The molecule has 116 valence electrons. The monoisotopic (exact) mass is 290 g/mol. The van der Waals surface area contributed by atoms with Crippen LogP contribution in [-0.4, -0.2) is 25.4 Å². The lowest BCUT2D eigenvalue weighted by atomic mass is 10.0. The number of imidazole rings is 1. The molecule has 0 aliphatic rings. The fourth-order valence-corrected chi connectivity index (χ4v) is 2.74. The van der Waals surface area contributed by atoms with Gasteiger partial charge in [0.2, 0.25) is 0 Å². The minimum absolute atomic E-state index is 0.157. The summed E-state index contributed by atoms with van der Waals surface area (Å²) in [7, 11) is 1.98. The van der Waals surface area contributed by atoms with E-state index in [1.54, 1.807) is 0 Å². The number of nitrogens with one attached hydrogen (secondary N) is 1. The van der Waals surface area contributed by atoms with Crippen LogP contribution in [0.4, 0.5) is 0 Å². The number of hydrogen-bond acceptors (Lipinski definition) is 4. The van der Waals surface area contributed by atoms with Crippen molar-refractivity contribution in [3.8, 4) is 0 Å². The Labute approximate surface area is 126 Å². The van der Waals surface area contributed by atoms with Crippen molar-refractivity contribution in [1.82, 2.24) is 24.8 Å². The molecule has 0 radical (unpaired) electrons. The normalized spacial score (nSPS) is 12.8. The fourth-order valence-electron chi connectivity index (χ4n) is 2.74. The number of rotatable bonds is 7. The van der Waals surface area contributed by atoms with Crippen LogP contribution >= 0.6 is 0 Å². The van der Waals surface area contributed by atoms with Gasteiger partial charge in [-0.2, -0.15) is 5.10 Å². The van der Waals surface area contributed by atoms with Crippen molar-refractivity contribution in [2.45, 2.75) is 52.6 Å². The second-order valence-electron chi connectivity index (χ2n) is 5.58. The first-order chi connectivity index (χ1) is 10.1. The van der Waals surface area contributed by atoms with Gasteiger partial charge in [0.1, 0.15) is 5.82 Å². The predicted octanol–water partition coefficient (Wildman–Crippen LogP) is 1.26. The molecule has 2 rings (SSSR count). The summed E-state index contributed by atoms with van der Waals surface area (Å²) in [6.45, 7) is 7.32. The minimum atomic E-state index is 0.157. The quantitative estimate of drug-likeness (QED) is 0.595. The Morgan fingerprint density at radius 2 is 2.10 bits per heavy atom. The average Bonchev–Trinajstić information content (AvgIpc) is 2.98. The van der Waals surface area contributed by atoms with Crippen LogP contribution in [0.2, 0.25) is 0 Å². The molecule has 2 aromatic heterocycles. The third-order valence-electron chi connectivity index (χ3n) is 4.04. The lowest BCUT2D eigenvalue weighted by Crippen LogP contribution is -2.39. The van der Waals surface area contributed by atoms with Crippen molar-refractivity contribution in [2.75, 3.05) is 0 Å². The summed E-state index contributed by atoms with van der Waals surface area (Å²) < 4.78 is 4.13. The van der Waals surface area contributed by atoms with E-state index in [9.17, 15) is 0 Å². The van der Waals surface area contributed by atoms with Gasteiger partial charge in [0.25, 0.3) is 0 Å². The second kappa shape index (κ2) is 6.87. The van der Waals surface area contributed by atoms with Crippen LogP contribution in [0.1, 0.15) is 36.1 Å². The van der Waals surface area contributed by atoms with Crippen LogP contribution in [0, 0.1) is 13.8 Å². The highest BCUT2D eigenvalue weighted by molar-refractivity contribution is 5.25. The maximum Gasteiger partial charge on any atom is 0.110 e. The molecule has 3 N–H and O–H groups in total. The number of hydrazine groups is 1. The highest BCUT2D eigenvalue weighted by atomic mass is 15.3. The standard InChI is InChI=1S/C15H26N6/c1-5-7-21-8-6-17-15(21)10-13(18-16)9-14-11(2)19-20(4)12(14)3/h6,8,13,18H,5,7,9-10,16H2,1-4H3. The van der Waals surface area contributed by atoms with E-state index in [1.807, 2.05) is 31.0 Å². The van der Waals surface area contributed by atoms with Crippen LogP contribution in [0.5, 0.6) is 0 Å². The van der Waals surface area contributed by atoms with Gasteiger partial charge in [-0.15, -0.1) is 0 Å². The van der Waals surface area contributed by atoms with Gasteiger partial charge in [-0.05, 0) is 32.3 Å². The Kier molecular flexibility index (Phi) is 5.14. The molecule has 0 spiro atoms. The first-order valence-electron chi connectivity index (χ1n) is 7.52. The Morgan fingerprint density at radius 3 is 2.67 bits per heavy atom. The fraction of sp³-hybridized carbons (Fsp3) is 0.600. The molecule has 0 saturated heterocycles. The molecule has 6 heteroatoms. The highest BCUT2D eigenvalue weighted by Crippen LogP contribution is 2.15. The SMILES string of the molecule is CCCn1ccnc1CC(Cc1c(C)nn(C)c1C)NN. The van der Waals surface area contributed by atoms with Gasteiger partial charge in [-0.1, -0.05) is 6.92 Å². The predicted molar refractivity (Wildman–Crippen MR) is 83.7 cm³/mol. The average molecular weight is 290 g/mol. The summed E-state index contributed by atoms with van der Waals surface area (Å²) in [5, 5.41) is 4.47. The third kappa shape index (κ3) is 3.51. The second-order valence-corrected chi connectivity index (χ2v) is 5.58. The number of nitrogens with two attached hydrogens (primary N) is 1. The zero-order valence-electron chi connectivity index (χ0n) is 13.4. The highest BCUT2D eigenvalue weighted by Gasteiger charge is 2.17. The van der Waals surface area contributed by atoms with Crippen molar-refractivity contribution in [3.63, 3.8) is 0 Å². The maximum absolute atomic E-state index is 5.75. The number of aromatic nitrogens is 4. The van der Waals surface area contributed by atoms with E-state index in [2.05, 4.69) is 33.9 Å². The van der Waals surface area contributed by atoms with E-state index in [0.29, 0.717) is 0 Å². The van der Waals surface area contributed by atoms with Crippen LogP contribution in [0.25, 0.3) is 0 Å². The number of hydrogen-bond donors (Lipinski definition) is 2. The molecule has 1 unspecified atom stereocenters. The number of nitrogens with zero attached hydrogens (tertiary/aromatic N) is 4. The smallest absolute Gasteiger partial charge is 0.110 e. The molecule has 0 bridgehead atoms. The van der Waals surface area contributed by atoms with Crippen molar-refractivity contribution in [1.29, 1.82) is 0 Å². The molecule has 0 aliphatic heterocycles. The summed E-state index contributed by atoms with van der Waals surface area (Å²) in [4.78, 5) is 4.46. The van der Waals surface area contributed by atoms with E-state index in [-0.39, 0.29) is 6.04 Å². The summed E-state index contributed by atoms with van der Waals surface area (Å²) in [5.41, 5.74) is 6.48. The molecule has 0 aromatic carbocycles. The van der Waals surface area contributed by atoms with Gasteiger partial charge in [-0.3, -0.25) is 16.0 Å². The molecule has 0 amide bonds. The summed E-state index contributed by atoms with van der Waals surface area (Å²) in [5.74, 6) is 6.84. The minimum Gasteiger partial charge on any atom is -0.335 e. The van der Waals surface area contributed by atoms with Crippen LogP contribution in [0.15, 0.2) is 12.4 Å². The van der Waals surface area contributed by atoms with E-state index in [1.165, 1.54) is 11.3 Å². The maximum atomic E-state index is 5.75. The zero-order valence-corrected chi connectivity index (χ0v) is 13.4. The molecule has 2 aromatic rings. The Hall–Kier alpha value is -1.66. The zero-order chi connectivity index (χ0) is 15.4. The van der Waals surface area contributed by atoms with Gasteiger partial charge < -0.3 is 4.57 Å². The van der Waals surface area contributed by atoms with Gasteiger partial charge in [0, 0.05) is 44.1 Å². The lowest BCUT2D eigenvalue weighted by Gasteiger charge is -2.17.